The number of carbonyl (C=O) groups is 1. The Kier molecular flexibility index (Phi) is 3.78. The van der Waals surface area contributed by atoms with Crippen molar-refractivity contribution in [2.45, 2.75) is 6.42 Å². The second-order valence-electron chi connectivity index (χ2n) is 4.93. The van der Waals surface area contributed by atoms with Crippen LogP contribution in [0.15, 0.2) is 36.4 Å². The number of nitrogens with zero attached hydrogens (tertiary/aromatic N) is 2. The number of nitrogens with one attached hydrogen (secondary N) is 2. The summed E-state index contributed by atoms with van der Waals surface area (Å²) in [6.07, 6.45) is 0.991. The minimum atomic E-state index is 0.0309. The molecule has 0 radical (unpaired) electrons. The molecule has 1 amide bonds. The third-order valence-electron chi connectivity index (χ3n) is 3.51. The van der Waals surface area contributed by atoms with E-state index in [4.69, 9.17) is 0 Å². The van der Waals surface area contributed by atoms with E-state index >= 15 is 0 Å². The molecule has 0 saturated carbocycles. The van der Waals surface area contributed by atoms with Crippen molar-refractivity contribution in [1.29, 1.82) is 0 Å². The second-order valence-corrected chi connectivity index (χ2v) is 4.93. The Balaban J connectivity index is 1.77. The van der Waals surface area contributed by atoms with Crippen LogP contribution in [0.1, 0.15) is 16.9 Å². The van der Waals surface area contributed by atoms with Gasteiger partial charge in [0.25, 0.3) is 5.91 Å². The Labute approximate surface area is 118 Å². The summed E-state index contributed by atoms with van der Waals surface area (Å²) >= 11 is 0. The van der Waals surface area contributed by atoms with Crippen LogP contribution in [0.25, 0.3) is 11.3 Å². The SMILES string of the molecule is O=C(c1cc(-c2ccccc2)n[nH]1)N1CCCNCC1. The molecule has 1 fully saturated rings. The summed E-state index contributed by atoms with van der Waals surface area (Å²) in [6.45, 7) is 3.37. The monoisotopic (exact) mass is 270 g/mol. The van der Waals surface area contributed by atoms with Crippen molar-refractivity contribution >= 4 is 5.91 Å². The number of benzene rings is 1. The van der Waals surface area contributed by atoms with Crippen LogP contribution in [0.2, 0.25) is 0 Å². The molecule has 5 heteroatoms. The minimum Gasteiger partial charge on any atom is -0.336 e. The van der Waals surface area contributed by atoms with Gasteiger partial charge in [-0.15, -0.1) is 0 Å². The molecule has 1 aliphatic rings. The van der Waals surface area contributed by atoms with Gasteiger partial charge in [-0.05, 0) is 19.0 Å². The molecule has 0 atom stereocenters. The molecule has 1 aromatic heterocycles. The van der Waals surface area contributed by atoms with Crippen LogP contribution in [0.3, 0.4) is 0 Å². The topological polar surface area (TPSA) is 61.0 Å². The van der Waals surface area contributed by atoms with E-state index in [1.807, 2.05) is 41.3 Å². The van der Waals surface area contributed by atoms with Crippen LogP contribution in [0.4, 0.5) is 0 Å². The fraction of sp³-hybridized carbons (Fsp3) is 0.333. The Morgan fingerprint density at radius 3 is 2.85 bits per heavy atom. The van der Waals surface area contributed by atoms with Gasteiger partial charge in [-0.1, -0.05) is 30.3 Å². The molecule has 0 unspecified atom stereocenters. The Bertz CT molecular complexity index is 571. The van der Waals surface area contributed by atoms with Crippen LogP contribution in [0, 0.1) is 0 Å². The van der Waals surface area contributed by atoms with Gasteiger partial charge >= 0.3 is 0 Å². The van der Waals surface area contributed by atoms with E-state index in [2.05, 4.69) is 15.5 Å². The summed E-state index contributed by atoms with van der Waals surface area (Å²) < 4.78 is 0. The summed E-state index contributed by atoms with van der Waals surface area (Å²) in [4.78, 5) is 14.3. The first-order valence-corrected chi connectivity index (χ1v) is 6.95. The first kappa shape index (κ1) is 12.9. The molecule has 1 aromatic carbocycles. The molecule has 1 aliphatic heterocycles. The van der Waals surface area contributed by atoms with Gasteiger partial charge in [0, 0.05) is 25.2 Å². The summed E-state index contributed by atoms with van der Waals surface area (Å²) in [5.74, 6) is 0.0309. The number of hydrogen-bond donors (Lipinski definition) is 2. The molecule has 104 valence electrons. The largest absolute Gasteiger partial charge is 0.336 e. The first-order chi connectivity index (χ1) is 9.84. The molecule has 2 N–H and O–H groups in total. The van der Waals surface area contributed by atoms with Crippen molar-refractivity contribution in [3.8, 4) is 11.3 Å². The standard InChI is InChI=1S/C15H18N4O/c20-15(19-9-4-7-16-8-10-19)14-11-13(17-18-14)12-5-2-1-3-6-12/h1-3,5-6,11,16H,4,7-10H2,(H,17,18). The third-order valence-corrected chi connectivity index (χ3v) is 3.51. The molecule has 2 aromatic rings. The fourth-order valence-electron chi connectivity index (χ4n) is 2.41. The average molecular weight is 270 g/mol. The Morgan fingerprint density at radius 2 is 2.00 bits per heavy atom. The van der Waals surface area contributed by atoms with E-state index in [-0.39, 0.29) is 5.91 Å². The maximum absolute atomic E-state index is 12.4. The highest BCUT2D eigenvalue weighted by molar-refractivity contribution is 5.93. The highest BCUT2D eigenvalue weighted by Gasteiger charge is 2.19. The molecule has 0 bridgehead atoms. The van der Waals surface area contributed by atoms with Crippen LogP contribution in [0.5, 0.6) is 0 Å². The lowest BCUT2D eigenvalue weighted by molar-refractivity contribution is 0.0760. The van der Waals surface area contributed by atoms with Gasteiger partial charge in [-0.2, -0.15) is 5.10 Å². The van der Waals surface area contributed by atoms with E-state index in [1.165, 1.54) is 0 Å². The van der Waals surface area contributed by atoms with Crippen LogP contribution in [-0.2, 0) is 0 Å². The van der Waals surface area contributed by atoms with Gasteiger partial charge in [0.2, 0.25) is 0 Å². The molecule has 2 heterocycles. The molecule has 3 rings (SSSR count). The van der Waals surface area contributed by atoms with Gasteiger partial charge in [-0.3, -0.25) is 9.89 Å². The average Bonchev–Trinajstić information content (AvgIpc) is 2.83. The molecular weight excluding hydrogens is 252 g/mol. The first-order valence-electron chi connectivity index (χ1n) is 6.95. The van der Waals surface area contributed by atoms with Crippen LogP contribution >= 0.6 is 0 Å². The normalized spacial score (nSPS) is 15.9. The zero-order valence-corrected chi connectivity index (χ0v) is 11.3. The van der Waals surface area contributed by atoms with E-state index in [0.29, 0.717) is 5.69 Å². The van der Waals surface area contributed by atoms with Gasteiger partial charge in [0.1, 0.15) is 5.69 Å². The maximum Gasteiger partial charge on any atom is 0.271 e. The molecule has 1 saturated heterocycles. The minimum absolute atomic E-state index is 0.0309. The zero-order chi connectivity index (χ0) is 13.8. The predicted molar refractivity (Wildman–Crippen MR) is 77.4 cm³/mol. The third kappa shape index (κ3) is 2.72. The lowest BCUT2D eigenvalue weighted by Crippen LogP contribution is -2.34. The Morgan fingerprint density at radius 1 is 1.15 bits per heavy atom. The quantitative estimate of drug-likeness (QED) is 0.869. The van der Waals surface area contributed by atoms with Crippen LogP contribution in [-0.4, -0.2) is 47.2 Å². The van der Waals surface area contributed by atoms with Gasteiger partial charge in [0.15, 0.2) is 0 Å². The molecular formula is C15H18N4O. The number of amides is 1. The predicted octanol–water partition coefficient (Wildman–Crippen LogP) is 1.51. The zero-order valence-electron chi connectivity index (χ0n) is 11.3. The Hall–Kier alpha value is -2.14. The summed E-state index contributed by atoms with van der Waals surface area (Å²) in [5, 5.41) is 10.4. The number of H-pyrrole nitrogens is 1. The summed E-state index contributed by atoms with van der Waals surface area (Å²) in [6, 6.07) is 11.7. The van der Waals surface area contributed by atoms with Crippen LogP contribution < -0.4 is 5.32 Å². The van der Waals surface area contributed by atoms with Crippen molar-refractivity contribution in [3.63, 3.8) is 0 Å². The molecule has 0 aliphatic carbocycles. The van der Waals surface area contributed by atoms with Gasteiger partial charge < -0.3 is 10.2 Å². The number of rotatable bonds is 2. The number of aromatic nitrogens is 2. The lowest BCUT2D eigenvalue weighted by atomic mass is 10.1. The van der Waals surface area contributed by atoms with Gasteiger partial charge in [0.05, 0.1) is 5.69 Å². The second kappa shape index (κ2) is 5.88. The van der Waals surface area contributed by atoms with Crippen molar-refractivity contribution in [3.05, 3.63) is 42.1 Å². The highest BCUT2D eigenvalue weighted by Crippen LogP contribution is 2.17. The fourth-order valence-corrected chi connectivity index (χ4v) is 2.41. The van der Waals surface area contributed by atoms with E-state index in [0.717, 1.165) is 43.9 Å². The van der Waals surface area contributed by atoms with Gasteiger partial charge in [-0.25, -0.2) is 0 Å². The molecule has 5 nitrogen and oxygen atoms in total. The van der Waals surface area contributed by atoms with Crippen molar-refractivity contribution in [2.75, 3.05) is 26.2 Å². The number of hydrogen-bond acceptors (Lipinski definition) is 3. The highest BCUT2D eigenvalue weighted by atomic mass is 16.2. The lowest BCUT2D eigenvalue weighted by Gasteiger charge is -2.18. The van der Waals surface area contributed by atoms with Crippen molar-refractivity contribution in [1.82, 2.24) is 20.4 Å². The van der Waals surface area contributed by atoms with Crippen molar-refractivity contribution in [2.24, 2.45) is 0 Å². The van der Waals surface area contributed by atoms with E-state index < -0.39 is 0 Å². The smallest absolute Gasteiger partial charge is 0.271 e. The number of aromatic amines is 1. The summed E-state index contributed by atoms with van der Waals surface area (Å²) in [7, 11) is 0. The van der Waals surface area contributed by atoms with Crippen molar-refractivity contribution < 1.29 is 4.79 Å². The number of carbonyl (C=O) groups excluding carboxylic acids is 1. The molecule has 0 spiro atoms. The van der Waals surface area contributed by atoms with E-state index in [9.17, 15) is 4.79 Å². The van der Waals surface area contributed by atoms with E-state index in [1.54, 1.807) is 0 Å². The summed E-state index contributed by atoms with van der Waals surface area (Å²) in [5.41, 5.74) is 2.38. The maximum atomic E-state index is 12.4. The molecule has 20 heavy (non-hydrogen) atoms.